The molecule has 7 rings (SSSR count). The molecule has 4 atom stereocenters. The second-order valence-corrected chi connectivity index (χ2v) is 16.8. The number of rotatable bonds is 13. The maximum atomic E-state index is 14.1. The van der Waals surface area contributed by atoms with Gasteiger partial charge in [-0.05, 0) is 87.3 Å². The minimum Gasteiger partial charge on any atom is -0.354 e. The highest BCUT2D eigenvalue weighted by Gasteiger charge is 2.63. The SMILES string of the molecule is CC(C)[C@@H](NC(=O)C1CC1)C(=O)N1CCC[C@H]1C(=O)NCCc1ccc(C#Cc2cnc([C@@H]3CCCN3C(=O)[C@@H](C(C)C)[N+]3(C(=O)C4CC4)CC3)[nH]2)cc1. The topological polar surface area (TPSA) is 145 Å². The van der Waals surface area contributed by atoms with Gasteiger partial charge in [0.05, 0.1) is 18.2 Å². The van der Waals surface area contributed by atoms with Crippen molar-refractivity contribution in [3.63, 3.8) is 0 Å². The molecular formula is C42H56N7O5+. The third-order valence-electron chi connectivity index (χ3n) is 12.0. The van der Waals surface area contributed by atoms with E-state index in [0.29, 0.717) is 42.7 Å². The van der Waals surface area contributed by atoms with E-state index < -0.39 is 12.1 Å². The summed E-state index contributed by atoms with van der Waals surface area (Å²) in [7, 11) is 0. The molecule has 2 aliphatic carbocycles. The van der Waals surface area contributed by atoms with Crippen molar-refractivity contribution in [2.45, 2.75) is 110 Å². The Kier molecular flexibility index (Phi) is 11.0. The number of H-pyrrole nitrogens is 1. The summed E-state index contributed by atoms with van der Waals surface area (Å²) in [6, 6.07) is 6.28. The van der Waals surface area contributed by atoms with Crippen LogP contribution in [0.15, 0.2) is 30.5 Å². The Bertz CT molecular complexity index is 1810. The van der Waals surface area contributed by atoms with Gasteiger partial charge in [-0.2, -0.15) is 0 Å². The molecule has 0 spiro atoms. The first-order valence-corrected chi connectivity index (χ1v) is 20.2. The van der Waals surface area contributed by atoms with Gasteiger partial charge < -0.3 is 25.4 Å². The van der Waals surface area contributed by atoms with E-state index in [1.165, 1.54) is 0 Å². The summed E-state index contributed by atoms with van der Waals surface area (Å²) < 4.78 is 0.330. The fourth-order valence-corrected chi connectivity index (χ4v) is 8.51. The molecule has 5 amide bonds. The zero-order chi connectivity index (χ0) is 38.1. The smallest absolute Gasteiger partial charge is 0.317 e. The van der Waals surface area contributed by atoms with Crippen LogP contribution in [-0.4, -0.2) is 105 Å². The fourth-order valence-electron chi connectivity index (χ4n) is 8.51. The molecule has 1 aromatic heterocycles. The molecule has 4 heterocycles. The number of nitrogens with zero attached hydrogens (tertiary/aromatic N) is 4. The Labute approximate surface area is 318 Å². The van der Waals surface area contributed by atoms with Crippen LogP contribution >= 0.6 is 0 Å². The van der Waals surface area contributed by atoms with E-state index in [2.05, 4.69) is 46.3 Å². The second kappa shape index (κ2) is 15.7. The zero-order valence-corrected chi connectivity index (χ0v) is 32.2. The predicted octanol–water partition coefficient (Wildman–Crippen LogP) is 3.47. The number of likely N-dealkylation sites (tertiary alicyclic amines) is 2. The van der Waals surface area contributed by atoms with Crippen molar-refractivity contribution in [1.82, 2.24) is 30.4 Å². The molecule has 288 valence electrons. The van der Waals surface area contributed by atoms with Gasteiger partial charge in [0.2, 0.25) is 17.7 Å². The van der Waals surface area contributed by atoms with Gasteiger partial charge in [0, 0.05) is 37.0 Å². The molecule has 5 aliphatic rings. The zero-order valence-electron chi connectivity index (χ0n) is 32.2. The molecule has 2 aromatic rings. The number of carbonyl (C=O) groups excluding carboxylic acids is 5. The van der Waals surface area contributed by atoms with Crippen LogP contribution < -0.4 is 10.6 Å². The van der Waals surface area contributed by atoms with Crippen LogP contribution in [0.1, 0.15) is 108 Å². The molecule has 0 bridgehead atoms. The summed E-state index contributed by atoms with van der Waals surface area (Å²) in [5.74, 6) is 7.23. The van der Waals surface area contributed by atoms with Crippen molar-refractivity contribution in [3.05, 3.63) is 53.1 Å². The molecular weight excluding hydrogens is 683 g/mol. The summed E-state index contributed by atoms with van der Waals surface area (Å²) in [6.07, 6.45) is 9.12. The quantitative estimate of drug-likeness (QED) is 0.163. The van der Waals surface area contributed by atoms with Crippen LogP contribution in [0, 0.1) is 35.5 Å². The predicted molar refractivity (Wildman–Crippen MR) is 202 cm³/mol. The van der Waals surface area contributed by atoms with Gasteiger partial charge in [0.15, 0.2) is 6.04 Å². The first-order valence-electron chi connectivity index (χ1n) is 20.2. The van der Waals surface area contributed by atoms with Gasteiger partial charge in [0.25, 0.3) is 5.91 Å². The Morgan fingerprint density at radius 2 is 1.52 bits per heavy atom. The number of imidazole rings is 1. The van der Waals surface area contributed by atoms with E-state index in [1.54, 1.807) is 11.1 Å². The molecule has 1 aromatic carbocycles. The fraction of sp³-hybridized carbons (Fsp3) is 0.619. The van der Waals surface area contributed by atoms with Crippen LogP contribution in [0.3, 0.4) is 0 Å². The third kappa shape index (κ3) is 8.12. The lowest BCUT2D eigenvalue weighted by atomic mass is 9.99. The van der Waals surface area contributed by atoms with Crippen molar-refractivity contribution < 1.29 is 28.5 Å². The minimum atomic E-state index is -0.621. The third-order valence-corrected chi connectivity index (χ3v) is 12.0. The van der Waals surface area contributed by atoms with Gasteiger partial charge in [-0.1, -0.05) is 45.7 Å². The number of carbonyl (C=O) groups is 5. The van der Waals surface area contributed by atoms with Crippen molar-refractivity contribution >= 4 is 29.5 Å². The van der Waals surface area contributed by atoms with E-state index >= 15 is 0 Å². The highest BCUT2D eigenvalue weighted by molar-refractivity contribution is 5.93. The summed E-state index contributed by atoms with van der Waals surface area (Å²) in [4.78, 5) is 78.0. The lowest BCUT2D eigenvalue weighted by molar-refractivity contribution is -0.745. The summed E-state index contributed by atoms with van der Waals surface area (Å²) >= 11 is 0. The molecule has 3 saturated heterocycles. The van der Waals surface area contributed by atoms with Gasteiger partial charge in [-0.15, -0.1) is 0 Å². The number of benzene rings is 1. The maximum Gasteiger partial charge on any atom is 0.317 e. The average Bonchev–Trinajstić information content (AvgIpc) is 4.13. The van der Waals surface area contributed by atoms with E-state index in [9.17, 15) is 24.0 Å². The largest absolute Gasteiger partial charge is 0.354 e. The standard InChI is InChI=1S/C42H55N7O5/c1-26(2)35(46-38(50)30-14-15-30)40(52)48-22-6-8-34(48)39(51)43-20-19-29-11-9-28(10-12-29)13-18-32-25-44-37(45-32)33-7-5-21-47(33)41(53)36(27(3)4)49(23-24-49)42(54)31-16-17-31/h9-12,25-27,30-31,33-36H,5-8,14-17,19-24H2,1-4H3,(H2-,43,44,45,46,50,51)/p+1/t33-,34-,35+,36+/m0/s1. The molecule has 3 aliphatic heterocycles. The molecule has 3 N–H and O–H groups in total. The minimum absolute atomic E-state index is 0.0175. The van der Waals surface area contributed by atoms with Crippen LogP contribution in [-0.2, 0) is 30.4 Å². The lowest BCUT2D eigenvalue weighted by Crippen LogP contribution is -2.56. The van der Waals surface area contributed by atoms with Gasteiger partial charge in [0.1, 0.15) is 36.7 Å². The number of aromatic amines is 1. The molecule has 2 saturated carbocycles. The highest BCUT2D eigenvalue weighted by atomic mass is 16.2. The molecule has 12 heteroatoms. The van der Waals surface area contributed by atoms with Crippen LogP contribution in [0.25, 0.3) is 0 Å². The normalized spacial score (nSPS) is 22.8. The van der Waals surface area contributed by atoms with Gasteiger partial charge in [-0.25, -0.2) is 14.3 Å². The van der Waals surface area contributed by atoms with Crippen molar-refractivity contribution in [2.75, 3.05) is 32.7 Å². The summed E-state index contributed by atoms with van der Waals surface area (Å²) in [5.41, 5.74) is 2.58. The number of quaternary nitrogens is 1. The van der Waals surface area contributed by atoms with Crippen molar-refractivity contribution in [1.29, 1.82) is 0 Å². The van der Waals surface area contributed by atoms with Crippen molar-refractivity contribution in [2.24, 2.45) is 23.7 Å². The molecule has 5 fully saturated rings. The van der Waals surface area contributed by atoms with E-state index in [1.807, 2.05) is 43.0 Å². The first kappa shape index (κ1) is 37.8. The molecule has 12 nitrogen and oxygen atoms in total. The Hall–Kier alpha value is -4.50. The van der Waals surface area contributed by atoms with E-state index in [0.717, 1.165) is 75.0 Å². The number of amides is 5. The molecule has 0 radical (unpaired) electrons. The van der Waals surface area contributed by atoms with Crippen LogP contribution in [0.4, 0.5) is 0 Å². The Morgan fingerprint density at radius 1 is 0.833 bits per heavy atom. The van der Waals surface area contributed by atoms with Gasteiger partial charge >= 0.3 is 5.91 Å². The first-order chi connectivity index (χ1) is 26.0. The monoisotopic (exact) mass is 738 g/mol. The molecule has 0 unspecified atom stereocenters. The van der Waals surface area contributed by atoms with Crippen molar-refractivity contribution in [3.8, 4) is 11.8 Å². The van der Waals surface area contributed by atoms with E-state index in [4.69, 9.17) is 0 Å². The lowest BCUT2D eigenvalue weighted by Gasteiger charge is -2.33. The maximum absolute atomic E-state index is 14.1. The van der Waals surface area contributed by atoms with E-state index in [-0.39, 0.29) is 65.3 Å². The van der Waals surface area contributed by atoms with Crippen LogP contribution in [0.2, 0.25) is 0 Å². The Morgan fingerprint density at radius 3 is 2.17 bits per heavy atom. The number of nitrogens with one attached hydrogen (secondary N) is 3. The Balaban J connectivity index is 0.905. The number of aromatic nitrogens is 2. The molecule has 54 heavy (non-hydrogen) atoms. The summed E-state index contributed by atoms with van der Waals surface area (Å²) in [5, 5.41) is 5.97. The number of hydrogen-bond donors (Lipinski definition) is 3. The average molecular weight is 739 g/mol. The van der Waals surface area contributed by atoms with Crippen LogP contribution in [0.5, 0.6) is 0 Å². The highest BCUT2D eigenvalue weighted by Crippen LogP contribution is 2.43. The number of hydrogen-bond acceptors (Lipinski definition) is 6. The second-order valence-electron chi connectivity index (χ2n) is 16.8. The van der Waals surface area contributed by atoms with Gasteiger partial charge in [-0.3, -0.25) is 19.2 Å². The summed E-state index contributed by atoms with van der Waals surface area (Å²) in [6.45, 7) is 11.1.